The number of benzene rings is 2. The number of anilines is 1. The van der Waals surface area contributed by atoms with Gasteiger partial charge in [-0.05, 0) is 43.7 Å². The molecule has 0 radical (unpaired) electrons. The highest BCUT2D eigenvalue weighted by Crippen LogP contribution is 2.25. The zero-order valence-electron chi connectivity index (χ0n) is 19.9. The van der Waals surface area contributed by atoms with Crippen molar-refractivity contribution in [2.24, 2.45) is 0 Å². The molecular formula is C25H28F3N3O4S. The van der Waals surface area contributed by atoms with Gasteiger partial charge < -0.3 is 15.2 Å². The van der Waals surface area contributed by atoms with E-state index in [-0.39, 0.29) is 21.3 Å². The Balaban J connectivity index is 0.000000297. The predicted molar refractivity (Wildman–Crippen MR) is 133 cm³/mol. The quantitative estimate of drug-likeness (QED) is 0.271. The van der Waals surface area contributed by atoms with Crippen LogP contribution in [0.15, 0.2) is 54.6 Å². The normalized spacial score (nSPS) is 10.8. The molecule has 0 unspecified atom stereocenters. The number of alkyl halides is 3. The van der Waals surface area contributed by atoms with Gasteiger partial charge in [-0.25, -0.2) is 9.78 Å². The number of carbonyl (C=O) groups excluding carboxylic acids is 1. The van der Waals surface area contributed by atoms with Crippen LogP contribution in [0, 0.1) is 6.92 Å². The Morgan fingerprint density at radius 1 is 1.08 bits per heavy atom. The highest BCUT2D eigenvalue weighted by Gasteiger charge is 2.31. The van der Waals surface area contributed by atoms with Crippen LogP contribution in [0.1, 0.15) is 57.5 Å². The average molecular weight is 524 g/mol. The number of carbonyl (C=O) groups is 2. The number of amides is 1. The van der Waals surface area contributed by atoms with Crippen molar-refractivity contribution in [3.8, 4) is 5.75 Å². The summed E-state index contributed by atoms with van der Waals surface area (Å²) >= 11 is 0.751. The number of aromatic nitrogens is 1. The van der Waals surface area contributed by atoms with Crippen molar-refractivity contribution in [3.05, 3.63) is 76.3 Å². The van der Waals surface area contributed by atoms with Crippen molar-refractivity contribution >= 4 is 28.3 Å². The molecule has 3 N–H and O–H groups in total. The van der Waals surface area contributed by atoms with E-state index in [1.807, 2.05) is 0 Å². The van der Waals surface area contributed by atoms with Crippen LogP contribution in [0.5, 0.6) is 5.75 Å². The van der Waals surface area contributed by atoms with E-state index in [1.54, 1.807) is 0 Å². The summed E-state index contributed by atoms with van der Waals surface area (Å²) in [5, 5.41) is 14.7. The highest BCUT2D eigenvalue weighted by molar-refractivity contribution is 7.17. The van der Waals surface area contributed by atoms with Crippen molar-refractivity contribution in [2.75, 3.05) is 11.9 Å². The van der Waals surface area contributed by atoms with Gasteiger partial charge in [-0.2, -0.15) is 0 Å². The number of nitrogens with zero attached hydrogens (tertiary/aromatic N) is 1. The molecule has 3 aromatic rings. The molecule has 11 heteroatoms. The number of hydrogen-bond acceptors (Lipinski definition) is 6. The summed E-state index contributed by atoms with van der Waals surface area (Å²) in [5.74, 6) is -2.45. The van der Waals surface area contributed by atoms with Gasteiger partial charge in [0.25, 0.3) is 5.91 Å². The van der Waals surface area contributed by atoms with Gasteiger partial charge in [0, 0.05) is 12.1 Å². The molecule has 0 fully saturated rings. The fourth-order valence-electron chi connectivity index (χ4n) is 2.98. The second-order valence-electron chi connectivity index (χ2n) is 7.64. The van der Waals surface area contributed by atoms with E-state index in [0.29, 0.717) is 0 Å². The predicted octanol–water partition coefficient (Wildman–Crippen LogP) is 6.27. The van der Waals surface area contributed by atoms with Gasteiger partial charge in [0.2, 0.25) is 0 Å². The number of aromatic carboxylic acids is 1. The van der Waals surface area contributed by atoms with Crippen LogP contribution >= 0.6 is 11.3 Å². The minimum absolute atomic E-state index is 0.0329. The first-order valence-corrected chi connectivity index (χ1v) is 12.0. The highest BCUT2D eigenvalue weighted by atomic mass is 32.1. The Morgan fingerprint density at radius 2 is 1.81 bits per heavy atom. The van der Waals surface area contributed by atoms with Crippen molar-refractivity contribution in [1.29, 1.82) is 0 Å². The molecule has 0 bridgehead atoms. The van der Waals surface area contributed by atoms with Crippen LogP contribution in [-0.2, 0) is 6.54 Å². The lowest BCUT2D eigenvalue weighted by molar-refractivity contribution is -0.274. The molecule has 0 aliphatic heterocycles. The monoisotopic (exact) mass is 523 g/mol. The maximum Gasteiger partial charge on any atom is 0.573 e. The van der Waals surface area contributed by atoms with Gasteiger partial charge in [-0.1, -0.05) is 67.5 Å². The SMILES string of the molecule is CCCCCNCc1ccccc1.Cc1nc(NC(=O)c2cccc(OC(F)(F)F)c2)sc1C(=O)O. The van der Waals surface area contributed by atoms with Gasteiger partial charge in [-0.3, -0.25) is 10.1 Å². The summed E-state index contributed by atoms with van der Waals surface area (Å²) in [6.45, 7) is 5.85. The van der Waals surface area contributed by atoms with Crippen molar-refractivity contribution in [1.82, 2.24) is 10.3 Å². The number of carboxylic acid groups (broad SMARTS) is 1. The van der Waals surface area contributed by atoms with E-state index in [9.17, 15) is 22.8 Å². The molecule has 0 saturated carbocycles. The lowest BCUT2D eigenvalue weighted by Crippen LogP contribution is -2.18. The summed E-state index contributed by atoms with van der Waals surface area (Å²) < 4.78 is 40.2. The maximum atomic E-state index is 12.2. The van der Waals surface area contributed by atoms with Crippen LogP contribution in [0.25, 0.3) is 0 Å². The number of carboxylic acids is 1. The van der Waals surface area contributed by atoms with Gasteiger partial charge in [0.1, 0.15) is 10.6 Å². The molecule has 194 valence electrons. The Labute approximate surface area is 211 Å². The molecule has 7 nitrogen and oxygen atoms in total. The van der Waals surface area contributed by atoms with E-state index in [4.69, 9.17) is 5.11 Å². The summed E-state index contributed by atoms with van der Waals surface area (Å²) in [4.78, 5) is 26.7. The molecule has 1 heterocycles. The number of halogens is 3. The smallest absolute Gasteiger partial charge is 0.477 e. The van der Waals surface area contributed by atoms with Crippen LogP contribution in [0.4, 0.5) is 18.3 Å². The van der Waals surface area contributed by atoms with Crippen LogP contribution in [0.2, 0.25) is 0 Å². The van der Waals surface area contributed by atoms with E-state index >= 15 is 0 Å². The molecule has 0 spiro atoms. The number of ether oxygens (including phenoxy) is 1. The van der Waals surface area contributed by atoms with Crippen molar-refractivity contribution in [3.63, 3.8) is 0 Å². The van der Waals surface area contributed by atoms with Crippen LogP contribution in [-0.4, -0.2) is 34.9 Å². The topological polar surface area (TPSA) is 101 Å². The van der Waals surface area contributed by atoms with Gasteiger partial charge in [-0.15, -0.1) is 13.2 Å². The average Bonchev–Trinajstić information content (AvgIpc) is 3.19. The number of nitrogens with one attached hydrogen (secondary N) is 2. The number of hydrogen-bond donors (Lipinski definition) is 3. The Morgan fingerprint density at radius 3 is 2.42 bits per heavy atom. The number of thiazole rings is 1. The second kappa shape index (κ2) is 14.2. The largest absolute Gasteiger partial charge is 0.573 e. The molecular weight excluding hydrogens is 495 g/mol. The third kappa shape index (κ3) is 10.4. The van der Waals surface area contributed by atoms with Gasteiger partial charge in [0.15, 0.2) is 5.13 Å². The van der Waals surface area contributed by atoms with Gasteiger partial charge in [0.05, 0.1) is 5.69 Å². The first kappa shape index (κ1) is 28.8. The van der Waals surface area contributed by atoms with Crippen molar-refractivity contribution in [2.45, 2.75) is 46.0 Å². The molecule has 1 aromatic heterocycles. The molecule has 1 amide bonds. The number of rotatable bonds is 10. The molecule has 0 atom stereocenters. The van der Waals surface area contributed by atoms with E-state index < -0.39 is 24.0 Å². The Hall–Kier alpha value is -3.44. The van der Waals surface area contributed by atoms with Crippen molar-refractivity contribution < 1.29 is 32.6 Å². The molecule has 2 aromatic carbocycles. The number of unbranched alkanes of at least 4 members (excludes halogenated alkanes) is 2. The maximum absolute atomic E-state index is 12.2. The lowest BCUT2D eigenvalue weighted by Gasteiger charge is -2.09. The third-order valence-corrected chi connectivity index (χ3v) is 5.73. The molecule has 0 saturated heterocycles. The first-order chi connectivity index (χ1) is 17.1. The molecule has 0 aliphatic rings. The van der Waals surface area contributed by atoms with Crippen LogP contribution < -0.4 is 15.4 Å². The van der Waals surface area contributed by atoms with Gasteiger partial charge >= 0.3 is 12.3 Å². The molecule has 36 heavy (non-hydrogen) atoms. The van der Waals surface area contributed by atoms with Crippen LogP contribution in [0.3, 0.4) is 0 Å². The lowest BCUT2D eigenvalue weighted by atomic mass is 10.2. The van der Waals surface area contributed by atoms with E-state index in [0.717, 1.165) is 36.6 Å². The summed E-state index contributed by atoms with van der Waals surface area (Å²) in [7, 11) is 0. The zero-order chi connectivity index (χ0) is 26.6. The minimum Gasteiger partial charge on any atom is -0.477 e. The summed E-state index contributed by atoms with van der Waals surface area (Å²) in [6.07, 6.45) is -0.934. The third-order valence-electron chi connectivity index (χ3n) is 4.67. The van der Waals surface area contributed by atoms with E-state index in [2.05, 4.69) is 57.6 Å². The standard InChI is InChI=1S/C13H9F3N2O4S.C12H19N/c1-6-9(11(20)21)23-12(17-6)18-10(19)7-3-2-4-8(5-7)22-13(14,15)16;1-2-3-7-10-13-11-12-8-5-4-6-9-12/h2-5H,1H3,(H,20,21)(H,17,18,19);4-6,8-9,13H,2-3,7,10-11H2,1H3. The second-order valence-corrected chi connectivity index (χ2v) is 8.64. The zero-order valence-corrected chi connectivity index (χ0v) is 20.7. The Bertz CT molecular complexity index is 1120. The molecule has 0 aliphatic carbocycles. The number of aryl methyl sites for hydroxylation is 1. The summed E-state index contributed by atoms with van der Waals surface area (Å²) in [6, 6.07) is 15.0. The first-order valence-electron chi connectivity index (χ1n) is 11.2. The molecule has 3 rings (SSSR count). The fourth-order valence-corrected chi connectivity index (χ4v) is 3.78. The van der Waals surface area contributed by atoms with E-state index in [1.165, 1.54) is 43.9 Å². The summed E-state index contributed by atoms with van der Waals surface area (Å²) in [5.41, 5.74) is 1.52. The minimum atomic E-state index is -4.86. The Kier molecular flexibility index (Phi) is 11.4. The fraction of sp³-hybridized carbons (Fsp3) is 0.320.